The quantitative estimate of drug-likeness (QED) is 0.481. The van der Waals surface area contributed by atoms with Gasteiger partial charge in [0.05, 0.1) is 17.6 Å². The Morgan fingerprint density at radius 3 is 2.80 bits per heavy atom. The molecule has 2 aromatic rings. The van der Waals surface area contributed by atoms with Gasteiger partial charge < -0.3 is 9.47 Å². The van der Waals surface area contributed by atoms with Crippen molar-refractivity contribution >= 4 is 23.0 Å². The van der Waals surface area contributed by atoms with E-state index in [4.69, 9.17) is 4.74 Å². The van der Waals surface area contributed by atoms with E-state index in [-0.39, 0.29) is 23.6 Å². The lowest BCUT2D eigenvalue weighted by Gasteiger charge is -2.07. The third-order valence-electron chi connectivity index (χ3n) is 2.53. The van der Waals surface area contributed by atoms with Crippen molar-refractivity contribution in [1.82, 2.24) is 0 Å². The first-order valence-corrected chi connectivity index (χ1v) is 6.51. The molecule has 0 radical (unpaired) electrons. The maximum Gasteiger partial charge on any atom is 0.337 e. The van der Waals surface area contributed by atoms with Gasteiger partial charge in [0.1, 0.15) is 6.61 Å². The van der Waals surface area contributed by atoms with Gasteiger partial charge in [-0.05, 0) is 17.5 Å². The zero-order valence-electron chi connectivity index (χ0n) is 10.6. The lowest BCUT2D eigenvalue weighted by atomic mass is 10.2. The van der Waals surface area contributed by atoms with E-state index in [1.54, 1.807) is 0 Å². The van der Waals surface area contributed by atoms with Crippen molar-refractivity contribution in [2.24, 2.45) is 0 Å². The first-order chi connectivity index (χ1) is 9.61. The van der Waals surface area contributed by atoms with Crippen LogP contribution < -0.4 is 4.74 Å². The molecule has 0 atom stereocenters. The van der Waals surface area contributed by atoms with Gasteiger partial charge in [0.2, 0.25) is 0 Å². The van der Waals surface area contributed by atoms with Gasteiger partial charge >= 0.3 is 11.7 Å². The second-order valence-electron chi connectivity index (χ2n) is 3.80. The van der Waals surface area contributed by atoms with Crippen LogP contribution in [-0.4, -0.2) is 18.0 Å². The van der Waals surface area contributed by atoms with Gasteiger partial charge in [-0.3, -0.25) is 10.1 Å². The number of methoxy groups -OCH3 is 1. The van der Waals surface area contributed by atoms with Gasteiger partial charge in [-0.25, -0.2) is 4.79 Å². The maximum atomic E-state index is 11.4. The number of hydrogen-bond donors (Lipinski definition) is 0. The molecule has 0 amide bonds. The van der Waals surface area contributed by atoms with Crippen LogP contribution in [0.1, 0.15) is 15.2 Å². The standard InChI is InChI=1S/C13H11NO5S/c1-18-13(15)9-4-5-11(14(16)17)12(7-9)19-8-10-3-2-6-20-10/h2-7H,8H2,1H3. The fourth-order valence-electron chi connectivity index (χ4n) is 1.57. The lowest BCUT2D eigenvalue weighted by Crippen LogP contribution is -2.04. The summed E-state index contributed by atoms with van der Waals surface area (Å²) in [6.45, 7) is 0.211. The Kier molecular flexibility index (Phi) is 4.31. The molecule has 0 fully saturated rings. The van der Waals surface area contributed by atoms with E-state index in [1.165, 1.54) is 36.6 Å². The number of benzene rings is 1. The Labute approximate surface area is 118 Å². The van der Waals surface area contributed by atoms with Crippen LogP contribution in [0.15, 0.2) is 35.7 Å². The summed E-state index contributed by atoms with van der Waals surface area (Å²) >= 11 is 1.48. The summed E-state index contributed by atoms with van der Waals surface area (Å²) in [5, 5.41) is 12.8. The van der Waals surface area contributed by atoms with E-state index in [0.29, 0.717) is 0 Å². The van der Waals surface area contributed by atoms with Crippen LogP contribution in [0.4, 0.5) is 5.69 Å². The fraction of sp³-hybridized carbons (Fsp3) is 0.154. The zero-order valence-corrected chi connectivity index (χ0v) is 11.4. The smallest absolute Gasteiger partial charge is 0.337 e. The van der Waals surface area contributed by atoms with Crippen LogP contribution in [-0.2, 0) is 11.3 Å². The molecule has 0 aliphatic heterocycles. The molecule has 0 saturated carbocycles. The number of ether oxygens (including phenoxy) is 2. The monoisotopic (exact) mass is 293 g/mol. The van der Waals surface area contributed by atoms with E-state index in [0.717, 1.165) is 4.88 Å². The maximum absolute atomic E-state index is 11.4. The van der Waals surface area contributed by atoms with Gasteiger partial charge in [-0.1, -0.05) is 6.07 Å². The van der Waals surface area contributed by atoms with E-state index < -0.39 is 10.9 Å². The Morgan fingerprint density at radius 1 is 1.40 bits per heavy atom. The molecule has 20 heavy (non-hydrogen) atoms. The summed E-state index contributed by atoms with van der Waals surface area (Å²) in [4.78, 5) is 22.8. The molecule has 1 aromatic carbocycles. The highest BCUT2D eigenvalue weighted by Gasteiger charge is 2.18. The molecule has 1 aromatic heterocycles. The summed E-state index contributed by atoms with van der Waals surface area (Å²) < 4.78 is 10.0. The molecule has 0 aliphatic rings. The summed E-state index contributed by atoms with van der Waals surface area (Å²) in [5.41, 5.74) is 0.0217. The number of thiophene rings is 1. The average molecular weight is 293 g/mol. The SMILES string of the molecule is COC(=O)c1ccc([N+](=O)[O-])c(OCc2cccs2)c1. The van der Waals surface area contributed by atoms with E-state index in [2.05, 4.69) is 4.74 Å². The van der Waals surface area contributed by atoms with Crippen molar-refractivity contribution in [1.29, 1.82) is 0 Å². The normalized spacial score (nSPS) is 10.1. The van der Waals surface area contributed by atoms with Crippen molar-refractivity contribution in [3.8, 4) is 5.75 Å². The number of rotatable bonds is 5. The molecule has 1 heterocycles. The molecule has 0 aliphatic carbocycles. The molecule has 6 nitrogen and oxygen atoms in total. The highest BCUT2D eigenvalue weighted by Crippen LogP contribution is 2.29. The van der Waals surface area contributed by atoms with Crippen molar-refractivity contribution in [2.75, 3.05) is 7.11 Å². The minimum Gasteiger partial charge on any atom is -0.481 e. The molecule has 7 heteroatoms. The number of esters is 1. The second kappa shape index (κ2) is 6.16. The molecule has 0 spiro atoms. The fourth-order valence-corrected chi connectivity index (χ4v) is 2.19. The Balaban J connectivity index is 2.26. The first kappa shape index (κ1) is 14.0. The topological polar surface area (TPSA) is 78.7 Å². The number of hydrogen-bond acceptors (Lipinski definition) is 6. The molecular formula is C13H11NO5S. The second-order valence-corrected chi connectivity index (χ2v) is 4.83. The molecule has 0 saturated heterocycles. The largest absolute Gasteiger partial charge is 0.481 e. The molecule has 0 unspecified atom stereocenters. The highest BCUT2D eigenvalue weighted by atomic mass is 32.1. The predicted octanol–water partition coefficient (Wildman–Crippen LogP) is 3.02. The van der Waals surface area contributed by atoms with Crippen molar-refractivity contribution in [2.45, 2.75) is 6.61 Å². The molecule has 2 rings (SSSR count). The van der Waals surface area contributed by atoms with Crippen LogP contribution in [0, 0.1) is 10.1 Å². The van der Waals surface area contributed by atoms with Crippen LogP contribution in [0.5, 0.6) is 5.75 Å². The highest BCUT2D eigenvalue weighted by molar-refractivity contribution is 7.09. The third kappa shape index (κ3) is 3.12. The van der Waals surface area contributed by atoms with Crippen molar-refractivity contribution in [3.05, 3.63) is 56.3 Å². The van der Waals surface area contributed by atoms with Gasteiger partial charge in [-0.15, -0.1) is 11.3 Å². The molecule has 0 bridgehead atoms. The van der Waals surface area contributed by atoms with Crippen LogP contribution in [0.3, 0.4) is 0 Å². The number of carbonyl (C=O) groups is 1. The van der Waals surface area contributed by atoms with Crippen LogP contribution in [0.25, 0.3) is 0 Å². The number of nitrogens with zero attached hydrogens (tertiary/aromatic N) is 1. The molecule has 0 N–H and O–H groups in total. The number of nitro groups is 1. The third-order valence-corrected chi connectivity index (χ3v) is 3.38. The lowest BCUT2D eigenvalue weighted by molar-refractivity contribution is -0.385. The minimum absolute atomic E-state index is 0.0475. The van der Waals surface area contributed by atoms with Crippen LogP contribution in [0.2, 0.25) is 0 Å². The summed E-state index contributed by atoms with van der Waals surface area (Å²) in [5.74, 6) is -0.521. The van der Waals surface area contributed by atoms with Crippen molar-refractivity contribution in [3.63, 3.8) is 0 Å². The van der Waals surface area contributed by atoms with E-state index in [1.807, 2.05) is 17.5 Å². The van der Waals surface area contributed by atoms with Gasteiger partial charge in [-0.2, -0.15) is 0 Å². The zero-order chi connectivity index (χ0) is 14.5. The van der Waals surface area contributed by atoms with Crippen molar-refractivity contribution < 1.29 is 19.2 Å². The van der Waals surface area contributed by atoms with Gasteiger partial charge in [0, 0.05) is 17.0 Å². The summed E-state index contributed by atoms with van der Waals surface area (Å²) in [7, 11) is 1.25. The number of nitro benzene ring substituents is 1. The summed E-state index contributed by atoms with van der Waals surface area (Å²) in [6.07, 6.45) is 0. The number of carbonyl (C=O) groups excluding carboxylic acids is 1. The van der Waals surface area contributed by atoms with Gasteiger partial charge in [0.25, 0.3) is 0 Å². The van der Waals surface area contributed by atoms with Crippen LogP contribution >= 0.6 is 11.3 Å². The van der Waals surface area contributed by atoms with Gasteiger partial charge in [0.15, 0.2) is 5.75 Å². The molecule has 104 valence electrons. The Hall–Kier alpha value is -2.41. The Morgan fingerprint density at radius 2 is 2.20 bits per heavy atom. The average Bonchev–Trinajstić information content (AvgIpc) is 2.97. The predicted molar refractivity (Wildman–Crippen MR) is 73.1 cm³/mol. The first-order valence-electron chi connectivity index (χ1n) is 5.63. The van der Waals surface area contributed by atoms with E-state index >= 15 is 0 Å². The summed E-state index contributed by atoms with van der Waals surface area (Å²) in [6, 6.07) is 7.61. The Bertz CT molecular complexity index is 624. The molecular weight excluding hydrogens is 282 g/mol. The van der Waals surface area contributed by atoms with E-state index in [9.17, 15) is 14.9 Å². The minimum atomic E-state index is -0.569.